The molecule has 5 heteroatoms. The van der Waals surface area contributed by atoms with Crippen molar-refractivity contribution in [2.45, 2.75) is 37.6 Å². The largest absolute Gasteiger partial charge is 0.497 e. The molecule has 1 aliphatic heterocycles. The molecule has 0 spiro atoms. The summed E-state index contributed by atoms with van der Waals surface area (Å²) in [6.07, 6.45) is 5.47. The fourth-order valence-electron chi connectivity index (χ4n) is 4.44. The van der Waals surface area contributed by atoms with Gasteiger partial charge >= 0.3 is 0 Å². The average Bonchev–Trinajstić information content (AvgIpc) is 3.00. The molecule has 2 aromatic rings. The van der Waals surface area contributed by atoms with Crippen LogP contribution < -0.4 is 15.4 Å². The maximum atomic E-state index is 13.8. The Bertz CT molecular complexity index is 842. The Morgan fingerprint density at radius 2 is 1.70 bits per heavy atom. The molecule has 0 radical (unpaired) electrons. The van der Waals surface area contributed by atoms with E-state index in [0.29, 0.717) is 0 Å². The lowest BCUT2D eigenvalue weighted by molar-refractivity contribution is -0.124. The van der Waals surface area contributed by atoms with Crippen molar-refractivity contribution < 1.29 is 9.53 Å². The minimum absolute atomic E-state index is 0.0525. The summed E-state index contributed by atoms with van der Waals surface area (Å²) in [5, 5.41) is 0. The van der Waals surface area contributed by atoms with Crippen molar-refractivity contribution in [3.8, 4) is 5.75 Å². The number of anilines is 1. The van der Waals surface area contributed by atoms with E-state index in [1.165, 1.54) is 6.42 Å². The third-order valence-electron chi connectivity index (χ3n) is 5.79. The molecule has 1 atom stereocenters. The number of hydrogen-bond donors (Lipinski definition) is 1. The number of ether oxygens (including phenoxy) is 1. The lowest BCUT2D eigenvalue weighted by Crippen LogP contribution is -2.47. The van der Waals surface area contributed by atoms with Crippen LogP contribution in [0.3, 0.4) is 0 Å². The van der Waals surface area contributed by atoms with Crippen LogP contribution in [0.5, 0.6) is 5.75 Å². The van der Waals surface area contributed by atoms with Crippen LogP contribution >= 0.6 is 0 Å². The molecular formula is C22H25N3O2. The SMILES string of the molecule is COc1ccc(N2C(=O)C(c3ccccc3)(C3CCCCC3)N=C2N)cc1. The van der Waals surface area contributed by atoms with E-state index >= 15 is 0 Å². The Hall–Kier alpha value is -2.82. The summed E-state index contributed by atoms with van der Waals surface area (Å²) >= 11 is 0. The molecule has 0 bridgehead atoms. The smallest absolute Gasteiger partial charge is 0.266 e. The minimum atomic E-state index is -0.925. The van der Waals surface area contributed by atoms with E-state index in [-0.39, 0.29) is 17.8 Å². The van der Waals surface area contributed by atoms with Gasteiger partial charge in [-0.1, -0.05) is 49.6 Å². The third-order valence-corrected chi connectivity index (χ3v) is 5.79. The molecule has 1 fully saturated rings. The van der Waals surface area contributed by atoms with E-state index in [1.54, 1.807) is 12.0 Å². The summed E-state index contributed by atoms with van der Waals surface area (Å²) in [6.45, 7) is 0. The number of benzene rings is 2. The molecule has 1 heterocycles. The number of guanidine groups is 1. The minimum Gasteiger partial charge on any atom is -0.497 e. The van der Waals surface area contributed by atoms with Gasteiger partial charge in [-0.05, 0) is 48.6 Å². The first-order valence-corrected chi connectivity index (χ1v) is 9.56. The van der Waals surface area contributed by atoms with E-state index in [2.05, 4.69) is 0 Å². The number of methoxy groups -OCH3 is 1. The highest BCUT2D eigenvalue weighted by Gasteiger charge is 2.54. The van der Waals surface area contributed by atoms with Gasteiger partial charge in [-0.25, -0.2) is 9.89 Å². The quantitative estimate of drug-likeness (QED) is 0.897. The van der Waals surface area contributed by atoms with Crippen LogP contribution in [0.2, 0.25) is 0 Å². The van der Waals surface area contributed by atoms with E-state index in [9.17, 15) is 4.79 Å². The summed E-state index contributed by atoms with van der Waals surface area (Å²) in [7, 11) is 1.62. The molecule has 2 aliphatic rings. The first-order valence-electron chi connectivity index (χ1n) is 9.56. The van der Waals surface area contributed by atoms with Crippen molar-refractivity contribution in [3.05, 3.63) is 60.2 Å². The predicted octanol–water partition coefficient (Wildman–Crippen LogP) is 3.83. The number of hydrogen-bond acceptors (Lipinski definition) is 4. The van der Waals surface area contributed by atoms with Crippen molar-refractivity contribution in [2.75, 3.05) is 12.0 Å². The van der Waals surface area contributed by atoms with Gasteiger partial charge in [0.2, 0.25) is 5.96 Å². The lowest BCUT2D eigenvalue weighted by atomic mass is 9.71. The van der Waals surface area contributed by atoms with Gasteiger partial charge < -0.3 is 10.5 Å². The zero-order valence-electron chi connectivity index (χ0n) is 15.6. The van der Waals surface area contributed by atoms with Gasteiger partial charge in [-0.3, -0.25) is 4.79 Å². The van der Waals surface area contributed by atoms with Gasteiger partial charge in [-0.2, -0.15) is 0 Å². The van der Waals surface area contributed by atoms with E-state index in [1.807, 2.05) is 54.6 Å². The lowest BCUT2D eigenvalue weighted by Gasteiger charge is -2.36. The van der Waals surface area contributed by atoms with Gasteiger partial charge in [0.15, 0.2) is 5.54 Å². The Kier molecular flexibility index (Phi) is 4.60. The number of carbonyl (C=O) groups is 1. The van der Waals surface area contributed by atoms with Crippen LogP contribution in [-0.2, 0) is 10.3 Å². The number of nitrogens with zero attached hydrogens (tertiary/aromatic N) is 2. The topological polar surface area (TPSA) is 67.9 Å². The molecular weight excluding hydrogens is 338 g/mol. The highest BCUT2D eigenvalue weighted by Crippen LogP contribution is 2.47. The van der Waals surface area contributed by atoms with Crippen LogP contribution in [0.1, 0.15) is 37.7 Å². The molecule has 0 saturated heterocycles. The Morgan fingerprint density at radius 3 is 2.33 bits per heavy atom. The predicted molar refractivity (Wildman–Crippen MR) is 107 cm³/mol. The van der Waals surface area contributed by atoms with Gasteiger partial charge in [0.25, 0.3) is 5.91 Å². The first-order chi connectivity index (χ1) is 13.2. The van der Waals surface area contributed by atoms with Crippen molar-refractivity contribution in [3.63, 3.8) is 0 Å². The number of aliphatic imine (C=N–C) groups is 1. The first kappa shape index (κ1) is 17.6. The van der Waals surface area contributed by atoms with E-state index in [0.717, 1.165) is 42.7 Å². The number of carbonyl (C=O) groups excluding carboxylic acids is 1. The van der Waals surface area contributed by atoms with Gasteiger partial charge in [-0.15, -0.1) is 0 Å². The summed E-state index contributed by atoms with van der Waals surface area (Å²) < 4.78 is 5.23. The van der Waals surface area contributed by atoms with Gasteiger partial charge in [0.1, 0.15) is 5.75 Å². The third kappa shape index (κ3) is 2.87. The highest BCUT2D eigenvalue weighted by molar-refractivity contribution is 6.23. The molecule has 1 amide bonds. The highest BCUT2D eigenvalue weighted by atomic mass is 16.5. The molecule has 4 rings (SSSR count). The number of amides is 1. The van der Waals surface area contributed by atoms with E-state index in [4.69, 9.17) is 15.5 Å². The Balaban J connectivity index is 1.79. The van der Waals surface area contributed by atoms with Crippen LogP contribution in [0.15, 0.2) is 59.6 Å². The second kappa shape index (κ2) is 7.06. The Morgan fingerprint density at radius 1 is 1.04 bits per heavy atom. The maximum absolute atomic E-state index is 13.8. The standard InChI is InChI=1S/C22H25N3O2/c1-27-19-14-12-18(13-15-19)25-20(26)22(24-21(25)23,16-8-4-2-5-9-16)17-10-6-3-7-11-17/h2,4-5,8-9,12-15,17H,3,6-7,10-11H2,1H3,(H2,23,24). The van der Waals surface area contributed by atoms with Gasteiger partial charge in [0.05, 0.1) is 12.8 Å². The van der Waals surface area contributed by atoms with Crippen molar-refractivity contribution in [2.24, 2.45) is 16.6 Å². The second-order valence-electron chi connectivity index (χ2n) is 7.28. The van der Waals surface area contributed by atoms with Crippen LogP contribution in [0.25, 0.3) is 0 Å². The Labute approximate surface area is 159 Å². The zero-order valence-corrected chi connectivity index (χ0v) is 15.6. The molecule has 2 N–H and O–H groups in total. The molecule has 140 valence electrons. The summed E-state index contributed by atoms with van der Waals surface area (Å²) in [5.41, 5.74) is 7.04. The fourth-order valence-corrected chi connectivity index (χ4v) is 4.44. The summed E-state index contributed by atoms with van der Waals surface area (Å²) in [4.78, 5) is 20.2. The normalized spacial score (nSPS) is 23.4. The molecule has 1 unspecified atom stereocenters. The molecule has 27 heavy (non-hydrogen) atoms. The van der Waals surface area contributed by atoms with Crippen molar-refractivity contribution in [1.82, 2.24) is 0 Å². The molecule has 1 saturated carbocycles. The van der Waals surface area contributed by atoms with Crippen LogP contribution in [-0.4, -0.2) is 19.0 Å². The monoisotopic (exact) mass is 363 g/mol. The maximum Gasteiger partial charge on any atom is 0.266 e. The number of rotatable bonds is 4. The van der Waals surface area contributed by atoms with Crippen LogP contribution in [0.4, 0.5) is 5.69 Å². The summed E-state index contributed by atoms with van der Waals surface area (Å²) in [5.74, 6) is 1.12. The molecule has 5 nitrogen and oxygen atoms in total. The molecule has 1 aliphatic carbocycles. The van der Waals surface area contributed by atoms with Crippen LogP contribution in [0, 0.1) is 5.92 Å². The average molecular weight is 363 g/mol. The summed E-state index contributed by atoms with van der Waals surface area (Å²) in [6, 6.07) is 17.3. The zero-order chi connectivity index (χ0) is 18.9. The molecule has 0 aromatic heterocycles. The molecule has 2 aromatic carbocycles. The van der Waals surface area contributed by atoms with Crippen molar-refractivity contribution in [1.29, 1.82) is 0 Å². The van der Waals surface area contributed by atoms with E-state index < -0.39 is 5.54 Å². The van der Waals surface area contributed by atoms with Gasteiger partial charge in [0, 0.05) is 0 Å². The number of nitrogens with two attached hydrogens (primary N) is 1. The second-order valence-corrected chi connectivity index (χ2v) is 7.28. The van der Waals surface area contributed by atoms with Crippen molar-refractivity contribution >= 4 is 17.6 Å². The fraction of sp³-hybridized carbons (Fsp3) is 0.364.